The van der Waals surface area contributed by atoms with E-state index in [1.807, 2.05) is 30.3 Å². The standard InChI is InChI=1S/C19H12ClNO3S/c20-17-13(10-6-2-1-3-7-10)15-16(23)14(18(24)21-19(15)25-17)11-8-4-5-9-12(11)22/h1-9,22H,(H2,21,23,24). The molecule has 124 valence electrons. The molecule has 25 heavy (non-hydrogen) atoms. The van der Waals surface area contributed by atoms with Gasteiger partial charge in [0.1, 0.15) is 20.7 Å². The average molecular weight is 370 g/mol. The molecule has 2 heterocycles. The summed E-state index contributed by atoms with van der Waals surface area (Å²) in [5, 5.41) is 21.4. The van der Waals surface area contributed by atoms with Crippen LogP contribution in [0, 0.1) is 0 Å². The van der Waals surface area contributed by atoms with Crippen LogP contribution in [-0.4, -0.2) is 15.2 Å². The number of H-pyrrole nitrogens is 1. The SMILES string of the molecule is O=c1[nH]c2sc(Cl)c(-c3ccccc3)c2c(O)c1-c1ccccc1O. The Balaban J connectivity index is 2.12. The molecule has 0 aliphatic heterocycles. The van der Waals surface area contributed by atoms with Crippen molar-refractivity contribution in [3.63, 3.8) is 0 Å². The molecule has 4 aromatic rings. The van der Waals surface area contributed by atoms with Gasteiger partial charge in [0.15, 0.2) is 0 Å². The predicted octanol–water partition coefficient (Wildman–Crippen LogP) is 4.99. The minimum absolute atomic E-state index is 0.0252. The zero-order valence-corrected chi connectivity index (χ0v) is 14.4. The van der Waals surface area contributed by atoms with Gasteiger partial charge in [0.2, 0.25) is 0 Å². The lowest BCUT2D eigenvalue weighted by atomic mass is 10.00. The number of para-hydroxylation sites is 1. The van der Waals surface area contributed by atoms with Gasteiger partial charge < -0.3 is 15.2 Å². The first-order valence-electron chi connectivity index (χ1n) is 7.49. The van der Waals surface area contributed by atoms with Crippen LogP contribution in [0.3, 0.4) is 0 Å². The largest absolute Gasteiger partial charge is 0.507 e. The third kappa shape index (κ3) is 2.49. The molecule has 2 aromatic heterocycles. The molecule has 0 radical (unpaired) electrons. The van der Waals surface area contributed by atoms with Crippen LogP contribution in [0.1, 0.15) is 0 Å². The fraction of sp³-hybridized carbons (Fsp3) is 0. The summed E-state index contributed by atoms with van der Waals surface area (Å²) in [6.45, 7) is 0. The van der Waals surface area contributed by atoms with E-state index in [1.54, 1.807) is 18.2 Å². The van der Waals surface area contributed by atoms with Gasteiger partial charge in [-0.15, -0.1) is 11.3 Å². The van der Waals surface area contributed by atoms with Crippen molar-refractivity contribution in [2.45, 2.75) is 0 Å². The molecule has 6 heteroatoms. The highest BCUT2D eigenvalue weighted by atomic mass is 35.5. The van der Waals surface area contributed by atoms with Gasteiger partial charge in [-0.05, 0) is 11.6 Å². The van der Waals surface area contributed by atoms with Crippen LogP contribution >= 0.6 is 22.9 Å². The Morgan fingerprint density at radius 2 is 1.60 bits per heavy atom. The lowest BCUT2D eigenvalue weighted by Gasteiger charge is -2.09. The van der Waals surface area contributed by atoms with E-state index < -0.39 is 5.56 Å². The molecule has 0 bridgehead atoms. The molecule has 0 saturated carbocycles. The summed E-state index contributed by atoms with van der Waals surface area (Å²) < 4.78 is 0.474. The van der Waals surface area contributed by atoms with Crippen molar-refractivity contribution in [3.8, 4) is 33.8 Å². The normalized spacial score (nSPS) is 11.1. The van der Waals surface area contributed by atoms with Crippen molar-refractivity contribution in [1.82, 2.24) is 4.98 Å². The topological polar surface area (TPSA) is 73.3 Å². The molecule has 0 unspecified atom stereocenters. The Kier molecular flexibility index (Phi) is 3.75. The van der Waals surface area contributed by atoms with Crippen LogP contribution in [0.2, 0.25) is 4.34 Å². The molecule has 0 saturated heterocycles. The summed E-state index contributed by atoms with van der Waals surface area (Å²) in [5.41, 5.74) is 1.31. The van der Waals surface area contributed by atoms with Gasteiger partial charge in [-0.1, -0.05) is 60.1 Å². The van der Waals surface area contributed by atoms with Gasteiger partial charge in [-0.2, -0.15) is 0 Å². The maximum Gasteiger partial charge on any atom is 0.260 e. The Labute approximate surface area is 151 Å². The van der Waals surface area contributed by atoms with Crippen molar-refractivity contribution in [2.75, 3.05) is 0 Å². The molecule has 4 rings (SSSR count). The van der Waals surface area contributed by atoms with Crippen LogP contribution in [0.15, 0.2) is 59.4 Å². The van der Waals surface area contributed by atoms with E-state index in [-0.39, 0.29) is 22.6 Å². The Morgan fingerprint density at radius 3 is 2.32 bits per heavy atom. The van der Waals surface area contributed by atoms with Gasteiger partial charge in [-0.3, -0.25) is 4.79 Å². The van der Waals surface area contributed by atoms with Crippen LogP contribution in [-0.2, 0) is 0 Å². The van der Waals surface area contributed by atoms with E-state index in [2.05, 4.69) is 4.98 Å². The first kappa shape index (κ1) is 15.7. The lowest BCUT2D eigenvalue weighted by Crippen LogP contribution is -2.08. The number of hydrogen-bond donors (Lipinski definition) is 3. The Bertz CT molecular complexity index is 1150. The van der Waals surface area contributed by atoms with Gasteiger partial charge in [0.05, 0.1) is 10.9 Å². The molecule has 2 aromatic carbocycles. The zero-order valence-electron chi connectivity index (χ0n) is 12.8. The third-order valence-electron chi connectivity index (χ3n) is 4.03. The minimum atomic E-state index is -0.482. The molecule has 0 aliphatic carbocycles. The number of thiophene rings is 1. The number of aromatic hydroxyl groups is 2. The molecule has 3 N–H and O–H groups in total. The maximum absolute atomic E-state index is 12.5. The van der Waals surface area contributed by atoms with E-state index in [0.29, 0.717) is 20.1 Å². The number of aromatic nitrogens is 1. The number of aromatic amines is 1. The first-order valence-corrected chi connectivity index (χ1v) is 8.68. The second-order valence-corrected chi connectivity index (χ2v) is 7.14. The zero-order chi connectivity index (χ0) is 17.6. The molecule has 0 amide bonds. The fourth-order valence-corrected chi connectivity index (χ4v) is 4.29. The molecule has 0 fully saturated rings. The number of benzene rings is 2. The van der Waals surface area contributed by atoms with E-state index in [9.17, 15) is 15.0 Å². The number of halogens is 1. The summed E-state index contributed by atoms with van der Waals surface area (Å²) >= 11 is 7.59. The number of hydrogen-bond acceptors (Lipinski definition) is 4. The van der Waals surface area contributed by atoms with E-state index in [4.69, 9.17) is 11.6 Å². The van der Waals surface area contributed by atoms with Gasteiger partial charge in [0.25, 0.3) is 5.56 Å². The van der Waals surface area contributed by atoms with Gasteiger partial charge in [0, 0.05) is 11.1 Å². The van der Waals surface area contributed by atoms with E-state index in [0.717, 1.165) is 5.56 Å². The number of rotatable bonds is 2. The summed E-state index contributed by atoms with van der Waals surface area (Å²) in [6.07, 6.45) is 0. The van der Waals surface area contributed by atoms with Crippen molar-refractivity contribution in [3.05, 3.63) is 69.3 Å². The highest BCUT2D eigenvalue weighted by molar-refractivity contribution is 7.23. The monoisotopic (exact) mass is 369 g/mol. The van der Waals surface area contributed by atoms with Crippen molar-refractivity contribution in [2.24, 2.45) is 0 Å². The maximum atomic E-state index is 12.5. The summed E-state index contributed by atoms with van der Waals surface area (Å²) in [5.74, 6) is -0.271. The number of phenolic OH excluding ortho intramolecular Hbond substituents is 1. The summed E-state index contributed by atoms with van der Waals surface area (Å²) in [4.78, 5) is 15.8. The highest BCUT2D eigenvalue weighted by Crippen LogP contribution is 2.47. The van der Waals surface area contributed by atoms with E-state index >= 15 is 0 Å². The second-order valence-electron chi connectivity index (χ2n) is 5.52. The van der Waals surface area contributed by atoms with Crippen molar-refractivity contribution >= 4 is 33.2 Å². The minimum Gasteiger partial charge on any atom is -0.507 e. The molecule has 4 nitrogen and oxygen atoms in total. The molecular formula is C19H12ClNO3S. The molecule has 0 atom stereocenters. The third-order valence-corrected chi connectivity index (χ3v) is 5.34. The Hall–Kier alpha value is -2.76. The van der Waals surface area contributed by atoms with Gasteiger partial charge >= 0.3 is 0 Å². The van der Waals surface area contributed by atoms with Crippen molar-refractivity contribution in [1.29, 1.82) is 0 Å². The van der Waals surface area contributed by atoms with Crippen LogP contribution in [0.25, 0.3) is 32.5 Å². The molecular weight excluding hydrogens is 358 g/mol. The lowest BCUT2D eigenvalue weighted by molar-refractivity contribution is 0.471. The fourth-order valence-electron chi connectivity index (χ4n) is 2.91. The molecule has 0 aliphatic rings. The summed E-state index contributed by atoms with van der Waals surface area (Å²) in [6, 6.07) is 15.8. The number of phenols is 1. The van der Waals surface area contributed by atoms with Crippen LogP contribution in [0.5, 0.6) is 11.5 Å². The molecule has 0 spiro atoms. The number of fused-ring (bicyclic) bond motifs is 1. The van der Waals surface area contributed by atoms with E-state index in [1.165, 1.54) is 17.4 Å². The number of pyridine rings is 1. The second kappa shape index (κ2) is 5.95. The predicted molar refractivity (Wildman–Crippen MR) is 102 cm³/mol. The average Bonchev–Trinajstić information content (AvgIpc) is 2.93. The quantitative estimate of drug-likeness (QED) is 0.466. The van der Waals surface area contributed by atoms with Crippen LogP contribution < -0.4 is 5.56 Å². The van der Waals surface area contributed by atoms with Gasteiger partial charge in [-0.25, -0.2) is 0 Å². The summed E-state index contributed by atoms with van der Waals surface area (Å²) in [7, 11) is 0. The highest BCUT2D eigenvalue weighted by Gasteiger charge is 2.22. The smallest absolute Gasteiger partial charge is 0.260 e. The first-order chi connectivity index (χ1) is 12.1. The number of nitrogens with one attached hydrogen (secondary N) is 1. The van der Waals surface area contributed by atoms with Crippen molar-refractivity contribution < 1.29 is 10.2 Å². The Morgan fingerprint density at radius 1 is 0.920 bits per heavy atom. The van der Waals surface area contributed by atoms with Crippen LogP contribution in [0.4, 0.5) is 0 Å².